The molecule has 23 heavy (non-hydrogen) atoms. The van der Waals surface area contributed by atoms with Crippen molar-refractivity contribution in [2.75, 3.05) is 18.6 Å². The van der Waals surface area contributed by atoms with E-state index in [4.69, 9.17) is 5.26 Å². The van der Waals surface area contributed by atoms with E-state index in [9.17, 15) is 18.0 Å². The normalized spacial score (nSPS) is 11.8. The first-order chi connectivity index (χ1) is 10.8. The molecule has 9 heteroatoms. The third-order valence-electron chi connectivity index (χ3n) is 2.73. The molecular formula is C14H18N4O4S. The maximum Gasteiger partial charge on any atom is 0.315 e. The van der Waals surface area contributed by atoms with Crippen molar-refractivity contribution in [3.8, 4) is 6.07 Å². The molecule has 8 nitrogen and oxygen atoms in total. The highest BCUT2D eigenvalue weighted by Crippen LogP contribution is 1.97. The largest absolute Gasteiger partial charge is 0.341 e. The summed E-state index contributed by atoms with van der Waals surface area (Å²) >= 11 is 0. The molecule has 0 fully saturated rings. The second kappa shape index (κ2) is 8.75. The van der Waals surface area contributed by atoms with E-state index in [1.807, 2.05) is 30.3 Å². The van der Waals surface area contributed by atoms with Gasteiger partial charge in [0, 0.05) is 12.8 Å². The Morgan fingerprint density at radius 3 is 2.43 bits per heavy atom. The molecule has 1 aromatic carbocycles. The highest BCUT2D eigenvalue weighted by molar-refractivity contribution is 7.90. The van der Waals surface area contributed by atoms with E-state index in [2.05, 4.69) is 16.0 Å². The molecule has 0 saturated carbocycles. The van der Waals surface area contributed by atoms with Gasteiger partial charge in [-0.1, -0.05) is 30.3 Å². The molecule has 0 spiro atoms. The number of urea groups is 1. The van der Waals surface area contributed by atoms with Crippen molar-refractivity contribution < 1.29 is 18.0 Å². The highest BCUT2D eigenvalue weighted by Gasteiger charge is 2.24. The van der Waals surface area contributed by atoms with Gasteiger partial charge in [-0.2, -0.15) is 5.26 Å². The first kappa shape index (κ1) is 18.4. The maximum absolute atomic E-state index is 11.8. The van der Waals surface area contributed by atoms with E-state index in [1.54, 1.807) is 6.07 Å². The monoisotopic (exact) mass is 338 g/mol. The Hall–Kier alpha value is -2.60. The second-order valence-corrected chi connectivity index (χ2v) is 7.02. The average molecular weight is 338 g/mol. The zero-order valence-corrected chi connectivity index (χ0v) is 13.4. The van der Waals surface area contributed by atoms with Crippen LogP contribution in [0.5, 0.6) is 0 Å². The molecule has 124 valence electrons. The van der Waals surface area contributed by atoms with E-state index in [0.717, 1.165) is 11.8 Å². The first-order valence-corrected chi connectivity index (χ1v) is 8.78. The summed E-state index contributed by atoms with van der Waals surface area (Å²) in [5.74, 6) is -1.28. The summed E-state index contributed by atoms with van der Waals surface area (Å²) in [7, 11) is -3.49. The molecule has 1 rings (SSSR count). The zero-order valence-electron chi connectivity index (χ0n) is 12.6. The number of carbonyl (C=O) groups excluding carboxylic acids is 2. The molecule has 1 atom stereocenters. The highest BCUT2D eigenvalue weighted by atomic mass is 32.2. The van der Waals surface area contributed by atoms with Crippen LogP contribution in [0.3, 0.4) is 0 Å². The fraction of sp³-hybridized carbons (Fsp3) is 0.357. The van der Waals surface area contributed by atoms with Crippen LogP contribution in [0.15, 0.2) is 30.3 Å². The number of hydrogen-bond donors (Lipinski definition) is 3. The standard InChI is InChI=1S/C14H18N4O4S/c1-23(21,22)10-12(13(19)16-8-7-15)18-14(20)17-9-11-5-3-2-4-6-11/h2-6,12H,8-10H2,1H3,(H,16,19)(H2,17,18,20). The maximum atomic E-state index is 11.8. The molecule has 1 unspecified atom stereocenters. The Kier molecular flexibility index (Phi) is 7.02. The van der Waals surface area contributed by atoms with Gasteiger partial charge in [0.2, 0.25) is 5.91 Å². The summed E-state index contributed by atoms with van der Waals surface area (Å²) in [4.78, 5) is 23.6. The van der Waals surface area contributed by atoms with Gasteiger partial charge in [0.25, 0.3) is 0 Å². The Bertz CT molecular complexity index is 682. The van der Waals surface area contributed by atoms with Gasteiger partial charge in [-0.25, -0.2) is 13.2 Å². The van der Waals surface area contributed by atoms with E-state index >= 15 is 0 Å². The summed E-state index contributed by atoms with van der Waals surface area (Å²) in [5, 5.41) is 15.5. The van der Waals surface area contributed by atoms with E-state index in [1.165, 1.54) is 0 Å². The molecule has 0 heterocycles. The number of benzene rings is 1. The lowest BCUT2D eigenvalue weighted by molar-refractivity contribution is -0.122. The molecule has 0 aromatic heterocycles. The summed E-state index contributed by atoms with van der Waals surface area (Å²) in [6, 6.07) is 8.86. The third kappa shape index (κ3) is 7.82. The van der Waals surface area contributed by atoms with Crippen molar-refractivity contribution in [2.24, 2.45) is 0 Å². The summed E-state index contributed by atoms with van der Waals surface area (Å²) < 4.78 is 22.7. The Morgan fingerprint density at radius 1 is 1.22 bits per heavy atom. The fourth-order valence-electron chi connectivity index (χ4n) is 1.72. The number of nitrogens with one attached hydrogen (secondary N) is 3. The summed E-state index contributed by atoms with van der Waals surface area (Å²) in [6.07, 6.45) is 0.959. The summed E-state index contributed by atoms with van der Waals surface area (Å²) in [6.45, 7) is -0.0372. The quantitative estimate of drug-likeness (QED) is 0.580. The Balaban J connectivity index is 2.62. The van der Waals surface area contributed by atoms with Gasteiger partial charge in [0.05, 0.1) is 11.8 Å². The van der Waals surface area contributed by atoms with Crippen molar-refractivity contribution >= 4 is 21.8 Å². The third-order valence-corrected chi connectivity index (χ3v) is 3.67. The van der Waals surface area contributed by atoms with Crippen molar-refractivity contribution in [1.29, 1.82) is 5.26 Å². The molecule has 0 radical (unpaired) electrons. The van der Waals surface area contributed by atoms with E-state index in [0.29, 0.717) is 0 Å². The number of nitriles is 1. The lowest BCUT2D eigenvalue weighted by atomic mass is 10.2. The molecule has 1 aromatic rings. The van der Waals surface area contributed by atoms with Crippen molar-refractivity contribution in [2.45, 2.75) is 12.6 Å². The first-order valence-electron chi connectivity index (χ1n) is 6.72. The number of nitrogens with zero attached hydrogens (tertiary/aromatic N) is 1. The van der Waals surface area contributed by atoms with Crippen LogP contribution in [0.25, 0.3) is 0 Å². The number of rotatable bonds is 7. The smallest absolute Gasteiger partial charge is 0.315 e. The van der Waals surface area contributed by atoms with Crippen LogP contribution >= 0.6 is 0 Å². The number of amides is 3. The van der Waals surface area contributed by atoms with Crippen LogP contribution in [-0.4, -0.2) is 45.0 Å². The fourth-order valence-corrected chi connectivity index (χ4v) is 2.56. The van der Waals surface area contributed by atoms with Crippen LogP contribution in [-0.2, 0) is 21.2 Å². The topological polar surface area (TPSA) is 128 Å². The van der Waals surface area contributed by atoms with Gasteiger partial charge in [-0.05, 0) is 5.56 Å². The Morgan fingerprint density at radius 2 is 1.87 bits per heavy atom. The molecule has 0 aliphatic carbocycles. The van der Waals surface area contributed by atoms with Gasteiger partial charge < -0.3 is 16.0 Å². The number of sulfone groups is 1. The van der Waals surface area contributed by atoms with Crippen LogP contribution in [0.1, 0.15) is 5.56 Å². The lowest BCUT2D eigenvalue weighted by Crippen LogP contribution is -2.52. The lowest BCUT2D eigenvalue weighted by Gasteiger charge is -2.17. The molecule has 0 bridgehead atoms. The Labute approximate surface area is 134 Å². The van der Waals surface area contributed by atoms with Gasteiger partial charge in [0.1, 0.15) is 22.4 Å². The SMILES string of the molecule is CS(=O)(=O)CC(NC(=O)NCc1ccccc1)C(=O)NCC#N. The van der Waals surface area contributed by atoms with Crippen molar-refractivity contribution in [1.82, 2.24) is 16.0 Å². The minimum Gasteiger partial charge on any atom is -0.341 e. The molecule has 0 aliphatic rings. The van der Waals surface area contributed by atoms with Gasteiger partial charge in [-0.3, -0.25) is 4.79 Å². The minimum absolute atomic E-state index is 0.234. The van der Waals surface area contributed by atoms with Crippen molar-refractivity contribution in [3.05, 3.63) is 35.9 Å². The van der Waals surface area contributed by atoms with Gasteiger partial charge in [-0.15, -0.1) is 0 Å². The predicted octanol–water partition coefficient (Wildman–Crippen LogP) is -0.461. The second-order valence-electron chi connectivity index (χ2n) is 4.83. The van der Waals surface area contributed by atoms with Crippen LogP contribution < -0.4 is 16.0 Å². The molecule has 0 saturated heterocycles. The minimum atomic E-state index is -3.49. The molecule has 3 N–H and O–H groups in total. The predicted molar refractivity (Wildman–Crippen MR) is 83.9 cm³/mol. The van der Waals surface area contributed by atoms with Gasteiger partial charge in [0.15, 0.2) is 0 Å². The molecular weight excluding hydrogens is 320 g/mol. The summed E-state index contributed by atoms with van der Waals surface area (Å²) in [5.41, 5.74) is 0.858. The average Bonchev–Trinajstić information content (AvgIpc) is 2.49. The molecule has 0 aliphatic heterocycles. The van der Waals surface area contributed by atoms with E-state index < -0.39 is 33.6 Å². The van der Waals surface area contributed by atoms with E-state index in [-0.39, 0.29) is 13.1 Å². The van der Waals surface area contributed by atoms with Gasteiger partial charge >= 0.3 is 6.03 Å². The number of carbonyl (C=O) groups is 2. The van der Waals surface area contributed by atoms with Crippen LogP contribution in [0.4, 0.5) is 4.79 Å². The van der Waals surface area contributed by atoms with Crippen LogP contribution in [0.2, 0.25) is 0 Å². The van der Waals surface area contributed by atoms with Crippen LogP contribution in [0, 0.1) is 11.3 Å². The number of hydrogen-bond acceptors (Lipinski definition) is 5. The molecule has 3 amide bonds. The zero-order chi connectivity index (χ0) is 17.3. The van der Waals surface area contributed by atoms with Crippen molar-refractivity contribution in [3.63, 3.8) is 0 Å².